The Morgan fingerprint density at radius 3 is 2.44 bits per heavy atom. The van der Waals surface area contributed by atoms with Gasteiger partial charge in [0.15, 0.2) is 9.84 Å². The van der Waals surface area contributed by atoms with Gasteiger partial charge in [0, 0.05) is 25.0 Å². The molecule has 6 heteroatoms. The predicted octanol–water partition coefficient (Wildman–Crippen LogP) is 2.67. The van der Waals surface area contributed by atoms with Crippen LogP contribution in [0.2, 0.25) is 0 Å². The molecule has 2 aromatic carbocycles. The fraction of sp³-hybridized carbons (Fsp3) is 0.368. The Morgan fingerprint density at radius 2 is 1.88 bits per heavy atom. The van der Waals surface area contributed by atoms with Gasteiger partial charge in [0.1, 0.15) is 5.82 Å². The van der Waals surface area contributed by atoms with E-state index in [0.29, 0.717) is 5.56 Å². The van der Waals surface area contributed by atoms with Crippen molar-refractivity contribution in [2.24, 2.45) is 11.1 Å². The van der Waals surface area contributed by atoms with Gasteiger partial charge in [0.05, 0.1) is 16.8 Å². The van der Waals surface area contributed by atoms with Crippen molar-refractivity contribution in [3.63, 3.8) is 0 Å². The Bertz CT molecular complexity index is 866. The second kappa shape index (κ2) is 6.52. The van der Waals surface area contributed by atoms with Crippen LogP contribution in [0.15, 0.2) is 53.4 Å². The highest BCUT2D eigenvalue weighted by atomic mass is 32.2. The average molecular weight is 363 g/mol. The van der Waals surface area contributed by atoms with E-state index in [9.17, 15) is 12.8 Å². The average Bonchev–Trinajstić information content (AvgIpc) is 3.26. The number of ether oxygens (including phenoxy) is 1. The Kier molecular flexibility index (Phi) is 4.70. The van der Waals surface area contributed by atoms with Gasteiger partial charge in [0.25, 0.3) is 0 Å². The van der Waals surface area contributed by atoms with E-state index in [1.54, 1.807) is 36.4 Å². The van der Waals surface area contributed by atoms with Gasteiger partial charge in [-0.2, -0.15) is 0 Å². The molecule has 2 N–H and O–H groups in total. The molecule has 1 aliphatic rings. The van der Waals surface area contributed by atoms with Crippen LogP contribution in [0.3, 0.4) is 0 Å². The molecule has 2 aromatic rings. The highest BCUT2D eigenvalue weighted by Crippen LogP contribution is 2.63. The van der Waals surface area contributed by atoms with Crippen LogP contribution in [0.4, 0.5) is 4.39 Å². The molecular formula is C19H22FNO3S. The molecule has 3 atom stereocenters. The summed E-state index contributed by atoms with van der Waals surface area (Å²) in [7, 11) is -2.10. The molecule has 1 fully saturated rings. The highest BCUT2D eigenvalue weighted by molar-refractivity contribution is 7.92. The SMILES string of the molecule is COC[C@@]1(CN)[C@H](c2cccc(F)c2)[C@@H]1S(=O)(=O)c1ccc(C)cc1. The Morgan fingerprint density at radius 1 is 1.20 bits per heavy atom. The zero-order chi connectivity index (χ0) is 18.2. The van der Waals surface area contributed by atoms with Crippen LogP contribution >= 0.6 is 0 Å². The van der Waals surface area contributed by atoms with Gasteiger partial charge >= 0.3 is 0 Å². The first-order chi connectivity index (χ1) is 11.9. The molecule has 0 spiro atoms. The van der Waals surface area contributed by atoms with Crippen LogP contribution in [0.25, 0.3) is 0 Å². The normalized spacial score (nSPS) is 25.8. The number of rotatable bonds is 6. The summed E-state index contributed by atoms with van der Waals surface area (Å²) < 4.78 is 45.4. The molecule has 0 unspecified atom stereocenters. The second-order valence-corrected chi connectivity index (χ2v) is 8.75. The standard InChI is InChI=1S/C19H22FNO3S/c1-13-6-8-16(9-7-13)25(22,23)18-17(19(18,11-21)12-24-2)14-4-3-5-15(20)10-14/h3-10,17-18H,11-12,21H2,1-2H3/t17-,18+,19+/m1/s1. The number of benzene rings is 2. The molecule has 1 saturated carbocycles. The number of methoxy groups -OCH3 is 1. The maximum absolute atomic E-state index is 13.7. The van der Waals surface area contributed by atoms with Crippen molar-refractivity contribution in [1.82, 2.24) is 0 Å². The molecule has 0 amide bonds. The molecule has 0 aromatic heterocycles. The monoisotopic (exact) mass is 363 g/mol. The summed E-state index contributed by atoms with van der Waals surface area (Å²) in [6.07, 6.45) is 0. The number of halogens is 1. The topological polar surface area (TPSA) is 69.4 Å². The first kappa shape index (κ1) is 18.0. The summed E-state index contributed by atoms with van der Waals surface area (Å²) >= 11 is 0. The zero-order valence-electron chi connectivity index (χ0n) is 14.3. The van der Waals surface area contributed by atoms with Gasteiger partial charge in [-0.15, -0.1) is 0 Å². The van der Waals surface area contributed by atoms with E-state index in [1.165, 1.54) is 19.2 Å². The molecule has 0 saturated heterocycles. The van der Waals surface area contributed by atoms with Crippen molar-refractivity contribution in [1.29, 1.82) is 0 Å². The molecule has 1 aliphatic carbocycles. The van der Waals surface area contributed by atoms with Gasteiger partial charge in [0.2, 0.25) is 0 Å². The van der Waals surface area contributed by atoms with Gasteiger partial charge in [-0.05, 0) is 36.8 Å². The first-order valence-corrected chi connectivity index (χ1v) is 9.66. The first-order valence-electron chi connectivity index (χ1n) is 8.12. The van der Waals surface area contributed by atoms with Gasteiger partial charge < -0.3 is 10.5 Å². The lowest BCUT2D eigenvalue weighted by molar-refractivity contribution is 0.142. The molecule has 25 heavy (non-hydrogen) atoms. The summed E-state index contributed by atoms with van der Waals surface area (Å²) in [6.45, 7) is 2.26. The summed E-state index contributed by atoms with van der Waals surface area (Å²) in [4.78, 5) is 0.260. The van der Waals surface area contributed by atoms with Crippen LogP contribution in [-0.2, 0) is 14.6 Å². The molecule has 0 heterocycles. The van der Waals surface area contributed by atoms with Crippen molar-refractivity contribution in [2.45, 2.75) is 23.0 Å². The number of sulfone groups is 1. The van der Waals surface area contributed by atoms with Crippen LogP contribution in [0.5, 0.6) is 0 Å². The van der Waals surface area contributed by atoms with Crippen molar-refractivity contribution in [2.75, 3.05) is 20.3 Å². The van der Waals surface area contributed by atoms with Crippen LogP contribution in [0.1, 0.15) is 17.0 Å². The lowest BCUT2D eigenvalue weighted by Gasteiger charge is -2.15. The van der Waals surface area contributed by atoms with E-state index >= 15 is 0 Å². The van der Waals surface area contributed by atoms with E-state index in [4.69, 9.17) is 10.5 Å². The van der Waals surface area contributed by atoms with E-state index in [1.807, 2.05) is 6.92 Å². The number of nitrogens with two attached hydrogens (primary N) is 1. The Hall–Kier alpha value is -1.76. The van der Waals surface area contributed by atoms with Crippen LogP contribution in [-0.4, -0.2) is 33.9 Å². The molecule has 3 rings (SSSR count). The molecular weight excluding hydrogens is 341 g/mol. The third-order valence-electron chi connectivity index (χ3n) is 5.06. The van der Waals surface area contributed by atoms with Crippen LogP contribution in [0, 0.1) is 18.2 Å². The molecule has 134 valence electrons. The summed E-state index contributed by atoms with van der Waals surface area (Å²) in [5.41, 5.74) is 6.85. The van der Waals surface area contributed by atoms with E-state index in [-0.39, 0.29) is 29.8 Å². The molecule has 0 aliphatic heterocycles. The highest BCUT2D eigenvalue weighted by Gasteiger charge is 2.70. The second-order valence-electron chi connectivity index (χ2n) is 6.68. The quantitative estimate of drug-likeness (QED) is 0.857. The summed E-state index contributed by atoms with van der Waals surface area (Å²) in [6, 6.07) is 12.8. The number of aryl methyl sites for hydroxylation is 1. The van der Waals surface area contributed by atoms with Crippen LogP contribution < -0.4 is 5.73 Å². The van der Waals surface area contributed by atoms with E-state index < -0.39 is 20.5 Å². The van der Waals surface area contributed by atoms with Gasteiger partial charge in [-0.3, -0.25) is 0 Å². The molecule has 4 nitrogen and oxygen atoms in total. The molecule has 0 bridgehead atoms. The predicted molar refractivity (Wildman–Crippen MR) is 94.7 cm³/mol. The van der Waals surface area contributed by atoms with Crippen molar-refractivity contribution >= 4 is 9.84 Å². The largest absolute Gasteiger partial charge is 0.384 e. The van der Waals surface area contributed by atoms with Crippen molar-refractivity contribution in [3.8, 4) is 0 Å². The van der Waals surface area contributed by atoms with Gasteiger partial charge in [-0.25, -0.2) is 12.8 Å². The van der Waals surface area contributed by atoms with E-state index in [0.717, 1.165) is 5.56 Å². The van der Waals surface area contributed by atoms with Crippen molar-refractivity contribution < 1.29 is 17.5 Å². The lowest BCUT2D eigenvalue weighted by Crippen LogP contribution is -2.28. The molecule has 0 radical (unpaired) electrons. The number of hydrogen-bond acceptors (Lipinski definition) is 4. The number of hydrogen-bond donors (Lipinski definition) is 1. The Labute approximate surface area is 147 Å². The van der Waals surface area contributed by atoms with Crippen molar-refractivity contribution in [3.05, 3.63) is 65.5 Å². The minimum Gasteiger partial charge on any atom is -0.384 e. The maximum Gasteiger partial charge on any atom is 0.182 e. The summed E-state index contributed by atoms with van der Waals surface area (Å²) in [5, 5.41) is -0.727. The van der Waals surface area contributed by atoms with Gasteiger partial charge in [-0.1, -0.05) is 29.8 Å². The third kappa shape index (κ3) is 2.99. The fourth-order valence-electron chi connectivity index (χ4n) is 3.77. The summed E-state index contributed by atoms with van der Waals surface area (Å²) in [5.74, 6) is -0.779. The minimum absolute atomic E-state index is 0.151. The third-order valence-corrected chi connectivity index (χ3v) is 7.40. The lowest BCUT2D eigenvalue weighted by atomic mass is 10.00. The maximum atomic E-state index is 13.7. The van der Waals surface area contributed by atoms with E-state index in [2.05, 4.69) is 0 Å². The fourth-order valence-corrected chi connectivity index (χ4v) is 6.21. The Balaban J connectivity index is 2.07. The smallest absolute Gasteiger partial charge is 0.182 e. The minimum atomic E-state index is -3.62. The zero-order valence-corrected chi connectivity index (χ0v) is 15.1.